The van der Waals surface area contributed by atoms with Gasteiger partial charge in [-0.3, -0.25) is 4.79 Å². The molecule has 0 N–H and O–H groups in total. The second-order valence-corrected chi connectivity index (χ2v) is 2.86. The van der Waals surface area contributed by atoms with Crippen LogP contribution in [0.2, 0.25) is 0 Å². The third kappa shape index (κ3) is 2.56. The lowest BCUT2D eigenvalue weighted by Crippen LogP contribution is -1.86. The van der Waals surface area contributed by atoms with Crippen LogP contribution in [0.1, 0.15) is 27.9 Å². The molecule has 1 aromatic rings. The molecule has 0 aromatic heterocycles. The van der Waals surface area contributed by atoms with Gasteiger partial charge in [-0.05, 0) is 18.6 Å². The van der Waals surface area contributed by atoms with Crippen LogP contribution in [0.5, 0.6) is 0 Å². The molecule has 70 valence electrons. The summed E-state index contributed by atoms with van der Waals surface area (Å²) in [6.45, 7) is 1.92. The zero-order chi connectivity index (χ0) is 10.4. The summed E-state index contributed by atoms with van der Waals surface area (Å²) in [5, 5.41) is 0. The molecule has 0 amide bonds. The average Bonchev–Trinajstić information content (AvgIpc) is 2.21. The molecule has 0 unspecified atom stereocenters. The van der Waals surface area contributed by atoms with E-state index in [0.717, 1.165) is 23.7 Å². The Morgan fingerprint density at radius 3 is 2.79 bits per heavy atom. The van der Waals surface area contributed by atoms with E-state index in [-0.39, 0.29) is 6.42 Å². The predicted octanol–water partition coefficient (Wildman–Crippen LogP) is 1.75. The Labute approximate surface area is 82.9 Å². The third-order valence-electron chi connectivity index (χ3n) is 1.81. The van der Waals surface area contributed by atoms with E-state index >= 15 is 0 Å². The highest BCUT2D eigenvalue weighted by Gasteiger charge is 1.95. The number of benzene rings is 1. The molecule has 0 aliphatic rings. The number of carbonyl (C=O) groups is 2. The van der Waals surface area contributed by atoms with Crippen LogP contribution in [-0.4, -0.2) is 12.6 Å². The fraction of sp³-hybridized carbons (Fsp3) is 0.167. The maximum absolute atomic E-state index is 10.5. The first-order valence-corrected chi connectivity index (χ1v) is 4.26. The van der Waals surface area contributed by atoms with Crippen molar-refractivity contribution in [3.63, 3.8) is 0 Å². The number of rotatable bonds is 2. The molecule has 1 rings (SSSR count). The molecule has 0 radical (unpaired) electrons. The summed E-state index contributed by atoms with van der Waals surface area (Å²) in [7, 11) is 0. The molecule has 2 nitrogen and oxygen atoms in total. The maximum Gasteiger partial charge on any atom is 0.150 e. The van der Waals surface area contributed by atoms with Crippen LogP contribution in [0, 0.1) is 18.8 Å². The molecule has 1 aromatic carbocycles. The molecule has 0 bridgehead atoms. The normalized spacial score (nSPS) is 8.64. The van der Waals surface area contributed by atoms with Gasteiger partial charge in [-0.15, -0.1) is 0 Å². The number of hydrogen-bond donors (Lipinski definition) is 0. The zero-order valence-corrected chi connectivity index (χ0v) is 7.91. The van der Waals surface area contributed by atoms with Crippen molar-refractivity contribution in [2.24, 2.45) is 0 Å². The van der Waals surface area contributed by atoms with Gasteiger partial charge in [-0.2, -0.15) is 0 Å². The minimum Gasteiger partial charge on any atom is -0.302 e. The van der Waals surface area contributed by atoms with Crippen molar-refractivity contribution in [2.45, 2.75) is 13.3 Å². The molecular weight excluding hydrogens is 176 g/mol. The van der Waals surface area contributed by atoms with E-state index in [0.29, 0.717) is 5.56 Å². The molecule has 0 fully saturated rings. The molecule has 14 heavy (non-hydrogen) atoms. The SMILES string of the molecule is Cc1ccc(C=O)cc1C#CCC=O. The van der Waals surface area contributed by atoms with E-state index in [2.05, 4.69) is 11.8 Å². The van der Waals surface area contributed by atoms with Gasteiger partial charge in [0.05, 0.1) is 6.42 Å². The lowest BCUT2D eigenvalue weighted by molar-refractivity contribution is -0.107. The van der Waals surface area contributed by atoms with Crippen LogP contribution in [-0.2, 0) is 4.79 Å². The van der Waals surface area contributed by atoms with E-state index in [1.54, 1.807) is 12.1 Å². The molecule has 0 saturated heterocycles. The van der Waals surface area contributed by atoms with Crippen LogP contribution in [0.15, 0.2) is 18.2 Å². The fourth-order valence-electron chi connectivity index (χ4n) is 1.04. The van der Waals surface area contributed by atoms with Gasteiger partial charge < -0.3 is 4.79 Å². The van der Waals surface area contributed by atoms with Crippen LogP contribution in [0.4, 0.5) is 0 Å². The highest BCUT2D eigenvalue weighted by Crippen LogP contribution is 2.08. The lowest BCUT2D eigenvalue weighted by Gasteiger charge is -1.97. The van der Waals surface area contributed by atoms with Crippen molar-refractivity contribution < 1.29 is 9.59 Å². The highest BCUT2D eigenvalue weighted by atomic mass is 16.1. The zero-order valence-electron chi connectivity index (χ0n) is 7.91. The minimum atomic E-state index is 0.227. The van der Waals surface area contributed by atoms with Gasteiger partial charge in [0.1, 0.15) is 12.6 Å². The summed E-state index contributed by atoms with van der Waals surface area (Å²) >= 11 is 0. The molecule has 2 heteroatoms. The van der Waals surface area contributed by atoms with Crippen molar-refractivity contribution in [3.05, 3.63) is 34.9 Å². The Hall–Kier alpha value is -1.88. The third-order valence-corrected chi connectivity index (χ3v) is 1.81. The summed E-state index contributed by atoms with van der Waals surface area (Å²) in [6.07, 6.45) is 1.76. The smallest absolute Gasteiger partial charge is 0.150 e. The summed E-state index contributed by atoms with van der Waals surface area (Å²) in [5.41, 5.74) is 2.41. The van der Waals surface area contributed by atoms with E-state index in [9.17, 15) is 9.59 Å². The summed E-state index contributed by atoms with van der Waals surface area (Å²) in [6, 6.07) is 5.31. The van der Waals surface area contributed by atoms with Crippen molar-refractivity contribution in [1.29, 1.82) is 0 Å². The van der Waals surface area contributed by atoms with Gasteiger partial charge in [0.15, 0.2) is 0 Å². The fourth-order valence-corrected chi connectivity index (χ4v) is 1.04. The van der Waals surface area contributed by atoms with Gasteiger partial charge in [0.2, 0.25) is 0 Å². The second kappa shape index (κ2) is 4.98. The van der Waals surface area contributed by atoms with Gasteiger partial charge in [-0.25, -0.2) is 0 Å². The van der Waals surface area contributed by atoms with E-state index in [4.69, 9.17) is 0 Å². The Morgan fingerprint density at radius 1 is 1.36 bits per heavy atom. The number of aryl methyl sites for hydroxylation is 1. The average molecular weight is 186 g/mol. The predicted molar refractivity (Wildman–Crippen MR) is 54.1 cm³/mol. The monoisotopic (exact) mass is 186 g/mol. The Kier molecular flexibility index (Phi) is 3.63. The van der Waals surface area contributed by atoms with Crippen molar-refractivity contribution in [1.82, 2.24) is 0 Å². The van der Waals surface area contributed by atoms with Crippen LogP contribution in [0.3, 0.4) is 0 Å². The Bertz CT molecular complexity index is 408. The summed E-state index contributed by atoms with van der Waals surface area (Å²) < 4.78 is 0. The molecule has 0 spiro atoms. The molecule has 0 heterocycles. The summed E-state index contributed by atoms with van der Waals surface area (Å²) in [5.74, 6) is 5.56. The van der Waals surface area contributed by atoms with E-state index < -0.39 is 0 Å². The van der Waals surface area contributed by atoms with Crippen LogP contribution < -0.4 is 0 Å². The van der Waals surface area contributed by atoms with Gasteiger partial charge in [0.25, 0.3) is 0 Å². The van der Waals surface area contributed by atoms with Crippen molar-refractivity contribution >= 4 is 12.6 Å². The maximum atomic E-state index is 10.5. The molecule has 0 saturated carbocycles. The van der Waals surface area contributed by atoms with Gasteiger partial charge in [-0.1, -0.05) is 24.0 Å². The first kappa shape index (κ1) is 10.2. The van der Waals surface area contributed by atoms with Gasteiger partial charge in [0, 0.05) is 11.1 Å². The van der Waals surface area contributed by atoms with E-state index in [1.807, 2.05) is 13.0 Å². The lowest BCUT2D eigenvalue weighted by atomic mass is 10.1. The first-order chi connectivity index (χ1) is 6.77. The quantitative estimate of drug-likeness (QED) is 0.521. The molecule has 0 atom stereocenters. The summed E-state index contributed by atoms with van der Waals surface area (Å²) in [4.78, 5) is 20.5. The standard InChI is InChI=1S/C12H10O2/c1-10-5-6-11(9-14)8-12(10)4-2-3-7-13/h5-9H,3H2,1H3. The first-order valence-electron chi connectivity index (χ1n) is 4.26. The number of hydrogen-bond acceptors (Lipinski definition) is 2. The van der Waals surface area contributed by atoms with Crippen molar-refractivity contribution in [2.75, 3.05) is 0 Å². The minimum absolute atomic E-state index is 0.227. The Balaban J connectivity index is 3.01. The van der Waals surface area contributed by atoms with Crippen LogP contribution in [0.25, 0.3) is 0 Å². The second-order valence-electron chi connectivity index (χ2n) is 2.86. The van der Waals surface area contributed by atoms with Crippen molar-refractivity contribution in [3.8, 4) is 11.8 Å². The molecule has 0 aliphatic carbocycles. The Morgan fingerprint density at radius 2 is 2.14 bits per heavy atom. The molecular formula is C12H10O2. The van der Waals surface area contributed by atoms with Gasteiger partial charge >= 0.3 is 0 Å². The largest absolute Gasteiger partial charge is 0.302 e. The highest BCUT2D eigenvalue weighted by molar-refractivity contribution is 5.76. The number of carbonyl (C=O) groups excluding carboxylic acids is 2. The molecule has 0 aliphatic heterocycles. The number of aldehydes is 2. The van der Waals surface area contributed by atoms with E-state index in [1.165, 1.54) is 0 Å². The topological polar surface area (TPSA) is 34.1 Å². The van der Waals surface area contributed by atoms with Crippen LogP contribution >= 0.6 is 0 Å².